The largest absolute Gasteiger partial charge is 0.383 e. The summed E-state index contributed by atoms with van der Waals surface area (Å²) in [5, 5.41) is 0. The molecular formula is C11H17BrN2O. The number of rotatable bonds is 6. The molecule has 0 radical (unpaired) electrons. The van der Waals surface area contributed by atoms with Gasteiger partial charge < -0.3 is 9.64 Å². The molecule has 0 N–H and O–H groups in total. The van der Waals surface area contributed by atoms with Gasteiger partial charge in [-0.05, 0) is 18.7 Å². The fourth-order valence-corrected chi connectivity index (χ4v) is 2.20. The Labute approximate surface area is 99.6 Å². The maximum Gasteiger partial charge on any atom is 0.0600 e. The van der Waals surface area contributed by atoms with Crippen LogP contribution >= 0.6 is 15.9 Å². The monoisotopic (exact) mass is 272 g/mol. The second kappa shape index (κ2) is 6.93. The number of halogens is 1. The maximum atomic E-state index is 5.07. The molecule has 1 atom stereocenters. The van der Waals surface area contributed by atoms with E-state index in [1.54, 1.807) is 13.3 Å². The number of nitrogens with zero attached hydrogens (tertiary/aromatic N) is 2. The average Bonchev–Trinajstić information content (AvgIpc) is 2.19. The van der Waals surface area contributed by atoms with Crippen molar-refractivity contribution >= 4 is 15.9 Å². The molecule has 15 heavy (non-hydrogen) atoms. The third-order valence-electron chi connectivity index (χ3n) is 2.03. The highest BCUT2D eigenvalue weighted by atomic mass is 79.9. The van der Waals surface area contributed by atoms with Gasteiger partial charge in [0.1, 0.15) is 0 Å². The molecule has 0 bridgehead atoms. The van der Waals surface area contributed by atoms with Crippen molar-refractivity contribution in [3.63, 3.8) is 0 Å². The Balaban J connectivity index is 2.33. The van der Waals surface area contributed by atoms with Crippen LogP contribution in [0.1, 0.15) is 5.56 Å². The molecule has 0 aliphatic carbocycles. The van der Waals surface area contributed by atoms with Gasteiger partial charge in [0.15, 0.2) is 0 Å². The van der Waals surface area contributed by atoms with Gasteiger partial charge in [0, 0.05) is 32.6 Å². The van der Waals surface area contributed by atoms with Crippen molar-refractivity contribution in [1.29, 1.82) is 0 Å². The molecule has 0 spiro atoms. The van der Waals surface area contributed by atoms with Crippen molar-refractivity contribution in [2.75, 3.05) is 27.3 Å². The van der Waals surface area contributed by atoms with Crippen LogP contribution in [0, 0.1) is 0 Å². The molecule has 0 fully saturated rings. The predicted octanol–water partition coefficient (Wildman–Crippen LogP) is 1.92. The molecule has 1 heterocycles. The Morgan fingerprint density at radius 1 is 1.60 bits per heavy atom. The summed E-state index contributed by atoms with van der Waals surface area (Å²) >= 11 is 3.57. The zero-order valence-corrected chi connectivity index (χ0v) is 10.8. The van der Waals surface area contributed by atoms with Crippen LogP contribution in [-0.4, -0.2) is 42.0 Å². The van der Waals surface area contributed by atoms with Crippen molar-refractivity contribution < 1.29 is 4.74 Å². The maximum absolute atomic E-state index is 5.07. The first-order valence-electron chi connectivity index (χ1n) is 4.93. The first-order chi connectivity index (χ1) is 7.22. The van der Waals surface area contributed by atoms with E-state index in [4.69, 9.17) is 4.74 Å². The zero-order valence-electron chi connectivity index (χ0n) is 9.19. The summed E-state index contributed by atoms with van der Waals surface area (Å²) in [4.78, 5) is 6.71. The second-order valence-corrected chi connectivity index (χ2v) is 4.91. The number of hydrogen-bond acceptors (Lipinski definition) is 3. The quantitative estimate of drug-likeness (QED) is 0.740. The van der Waals surface area contributed by atoms with Crippen molar-refractivity contribution in [3.05, 3.63) is 30.1 Å². The van der Waals surface area contributed by atoms with Crippen molar-refractivity contribution in [3.8, 4) is 0 Å². The summed E-state index contributed by atoms with van der Waals surface area (Å²) in [5.41, 5.74) is 1.23. The van der Waals surface area contributed by atoms with Crippen LogP contribution in [0.15, 0.2) is 24.5 Å². The minimum Gasteiger partial charge on any atom is -0.383 e. The summed E-state index contributed by atoms with van der Waals surface area (Å²) < 4.78 is 5.07. The molecule has 3 nitrogen and oxygen atoms in total. The van der Waals surface area contributed by atoms with Gasteiger partial charge in [-0.2, -0.15) is 0 Å². The number of alkyl halides is 1. The molecule has 1 aromatic heterocycles. The summed E-state index contributed by atoms with van der Waals surface area (Å²) in [6, 6.07) is 4.05. The minimum absolute atomic E-state index is 0.379. The Bertz CT molecular complexity index is 269. The summed E-state index contributed by atoms with van der Waals surface area (Å²) in [6.07, 6.45) is 3.69. The van der Waals surface area contributed by atoms with Crippen LogP contribution < -0.4 is 0 Å². The first-order valence-corrected chi connectivity index (χ1v) is 5.84. The third-order valence-corrected chi connectivity index (χ3v) is 2.59. The standard InChI is InChI=1S/C11H17BrN2O/c1-14(8-11(12)9-15-2)7-10-4-3-5-13-6-10/h3-6,11H,7-9H2,1-2H3. The molecule has 1 aromatic rings. The van der Waals surface area contributed by atoms with Gasteiger partial charge in [-0.15, -0.1) is 0 Å². The zero-order chi connectivity index (χ0) is 11.1. The molecule has 0 saturated heterocycles. The number of aromatic nitrogens is 1. The van der Waals surface area contributed by atoms with Crippen LogP contribution in [0.5, 0.6) is 0 Å². The Morgan fingerprint density at radius 3 is 3.00 bits per heavy atom. The van der Waals surface area contributed by atoms with Gasteiger partial charge in [0.2, 0.25) is 0 Å². The van der Waals surface area contributed by atoms with Crippen LogP contribution in [-0.2, 0) is 11.3 Å². The van der Waals surface area contributed by atoms with E-state index in [1.807, 2.05) is 12.3 Å². The van der Waals surface area contributed by atoms with Gasteiger partial charge in [-0.25, -0.2) is 0 Å². The van der Waals surface area contributed by atoms with Crippen LogP contribution in [0.3, 0.4) is 0 Å². The number of methoxy groups -OCH3 is 1. The lowest BCUT2D eigenvalue weighted by atomic mass is 10.2. The van der Waals surface area contributed by atoms with Crippen LogP contribution in [0.4, 0.5) is 0 Å². The molecular weight excluding hydrogens is 256 g/mol. The molecule has 0 aliphatic heterocycles. The lowest BCUT2D eigenvalue weighted by Crippen LogP contribution is -2.28. The Hall–Kier alpha value is -0.450. The molecule has 0 aromatic carbocycles. The smallest absolute Gasteiger partial charge is 0.0600 e. The highest BCUT2D eigenvalue weighted by Crippen LogP contribution is 2.06. The van der Waals surface area contributed by atoms with E-state index in [0.717, 1.165) is 19.7 Å². The molecule has 4 heteroatoms. The lowest BCUT2D eigenvalue weighted by molar-refractivity contribution is 0.185. The van der Waals surface area contributed by atoms with E-state index in [2.05, 4.69) is 38.9 Å². The molecule has 0 saturated carbocycles. The van der Waals surface area contributed by atoms with E-state index < -0.39 is 0 Å². The SMILES string of the molecule is COCC(Br)CN(C)Cc1cccnc1. The molecule has 0 aliphatic rings. The van der Waals surface area contributed by atoms with Gasteiger partial charge in [-0.3, -0.25) is 4.98 Å². The molecule has 1 rings (SSSR count). The normalized spacial score (nSPS) is 13.1. The number of pyridine rings is 1. The summed E-state index contributed by atoms with van der Waals surface area (Å²) in [6.45, 7) is 2.61. The van der Waals surface area contributed by atoms with Crippen LogP contribution in [0.2, 0.25) is 0 Å². The predicted molar refractivity (Wildman–Crippen MR) is 65.2 cm³/mol. The highest BCUT2D eigenvalue weighted by Gasteiger charge is 2.07. The third kappa shape index (κ3) is 5.25. The topological polar surface area (TPSA) is 25.4 Å². The van der Waals surface area contributed by atoms with Crippen molar-refractivity contribution in [2.24, 2.45) is 0 Å². The second-order valence-electron chi connectivity index (χ2n) is 3.61. The van der Waals surface area contributed by atoms with Crippen molar-refractivity contribution in [2.45, 2.75) is 11.4 Å². The molecule has 1 unspecified atom stereocenters. The van der Waals surface area contributed by atoms with Gasteiger partial charge in [0.25, 0.3) is 0 Å². The minimum atomic E-state index is 0.379. The Kier molecular flexibility index (Phi) is 5.83. The first kappa shape index (κ1) is 12.6. The molecule has 84 valence electrons. The van der Waals surface area contributed by atoms with E-state index >= 15 is 0 Å². The fraction of sp³-hybridized carbons (Fsp3) is 0.545. The van der Waals surface area contributed by atoms with E-state index in [9.17, 15) is 0 Å². The van der Waals surface area contributed by atoms with E-state index in [0.29, 0.717) is 4.83 Å². The van der Waals surface area contributed by atoms with Crippen molar-refractivity contribution in [1.82, 2.24) is 9.88 Å². The summed E-state index contributed by atoms with van der Waals surface area (Å²) in [5.74, 6) is 0. The fourth-order valence-electron chi connectivity index (χ4n) is 1.44. The number of ether oxygens (including phenoxy) is 1. The summed E-state index contributed by atoms with van der Waals surface area (Å²) in [7, 11) is 3.81. The molecule has 0 amide bonds. The average molecular weight is 273 g/mol. The van der Waals surface area contributed by atoms with Gasteiger partial charge in [0.05, 0.1) is 11.4 Å². The van der Waals surface area contributed by atoms with Gasteiger partial charge >= 0.3 is 0 Å². The van der Waals surface area contributed by atoms with E-state index in [-0.39, 0.29) is 0 Å². The van der Waals surface area contributed by atoms with Gasteiger partial charge in [-0.1, -0.05) is 22.0 Å². The van der Waals surface area contributed by atoms with E-state index in [1.165, 1.54) is 5.56 Å². The van der Waals surface area contributed by atoms with Crippen LogP contribution in [0.25, 0.3) is 0 Å². The Morgan fingerprint density at radius 2 is 2.40 bits per heavy atom. The lowest BCUT2D eigenvalue weighted by Gasteiger charge is -2.19. The highest BCUT2D eigenvalue weighted by molar-refractivity contribution is 9.09. The number of hydrogen-bond donors (Lipinski definition) is 0.